The number of benzene rings is 1. The van der Waals surface area contributed by atoms with Crippen LogP contribution < -0.4 is 0 Å². The highest BCUT2D eigenvalue weighted by molar-refractivity contribution is 5.35. The summed E-state index contributed by atoms with van der Waals surface area (Å²) in [7, 11) is 1.65. The lowest BCUT2D eigenvalue weighted by Crippen LogP contribution is -2.01. The van der Waals surface area contributed by atoms with E-state index in [0.29, 0.717) is 6.61 Å². The van der Waals surface area contributed by atoms with Gasteiger partial charge in [-0.25, -0.2) is 0 Å². The molecule has 0 fully saturated rings. The molecular weight excluding hydrogens is 202 g/mol. The van der Waals surface area contributed by atoms with Crippen LogP contribution in [0.3, 0.4) is 0 Å². The van der Waals surface area contributed by atoms with Gasteiger partial charge in [-0.15, -0.1) is 10.2 Å². The largest absolute Gasteiger partial charge is 0.377 e. The molecule has 0 aliphatic carbocycles. The van der Waals surface area contributed by atoms with Gasteiger partial charge in [0.2, 0.25) is 0 Å². The summed E-state index contributed by atoms with van der Waals surface area (Å²) in [5.74, 6) is 0.812. The molecule has 1 aromatic carbocycles. The lowest BCUT2D eigenvalue weighted by molar-refractivity contribution is 0.176. The third kappa shape index (κ3) is 2.12. The summed E-state index contributed by atoms with van der Waals surface area (Å²) in [6, 6.07) is 8.38. The Morgan fingerprint density at radius 2 is 2.00 bits per heavy atom. The van der Waals surface area contributed by atoms with E-state index in [0.717, 1.165) is 17.9 Å². The number of aryl methyl sites for hydroxylation is 1. The van der Waals surface area contributed by atoms with Gasteiger partial charge in [0.25, 0.3) is 0 Å². The Hall–Kier alpha value is -1.68. The van der Waals surface area contributed by atoms with Crippen molar-refractivity contribution < 1.29 is 4.74 Å². The number of rotatable bonds is 4. The molecular formula is C12H15N3O. The molecule has 0 unspecified atom stereocenters. The van der Waals surface area contributed by atoms with Gasteiger partial charge < -0.3 is 4.74 Å². The summed E-state index contributed by atoms with van der Waals surface area (Å²) in [6.07, 6.45) is 2.75. The minimum atomic E-state index is 0.468. The fourth-order valence-electron chi connectivity index (χ4n) is 1.59. The van der Waals surface area contributed by atoms with Crippen LogP contribution in [-0.4, -0.2) is 21.9 Å². The van der Waals surface area contributed by atoms with Crippen molar-refractivity contribution >= 4 is 0 Å². The summed E-state index contributed by atoms with van der Waals surface area (Å²) in [5.41, 5.74) is 2.39. The maximum absolute atomic E-state index is 5.07. The van der Waals surface area contributed by atoms with Crippen LogP contribution in [0.2, 0.25) is 0 Å². The van der Waals surface area contributed by atoms with Crippen molar-refractivity contribution in [3.05, 3.63) is 42.0 Å². The summed E-state index contributed by atoms with van der Waals surface area (Å²) < 4.78 is 7.00. The Bertz CT molecular complexity index is 448. The van der Waals surface area contributed by atoms with Gasteiger partial charge in [-0.2, -0.15) is 0 Å². The number of hydrogen-bond acceptors (Lipinski definition) is 3. The van der Waals surface area contributed by atoms with Crippen LogP contribution >= 0.6 is 0 Å². The van der Waals surface area contributed by atoms with Gasteiger partial charge in [-0.05, 0) is 24.1 Å². The van der Waals surface area contributed by atoms with Crippen molar-refractivity contribution in [3.63, 3.8) is 0 Å². The fourth-order valence-corrected chi connectivity index (χ4v) is 1.59. The van der Waals surface area contributed by atoms with Crippen LogP contribution in [0, 0.1) is 0 Å². The van der Waals surface area contributed by atoms with Gasteiger partial charge in [0, 0.05) is 12.8 Å². The van der Waals surface area contributed by atoms with Gasteiger partial charge >= 0.3 is 0 Å². The highest BCUT2D eigenvalue weighted by Crippen LogP contribution is 2.12. The molecule has 2 rings (SSSR count). The van der Waals surface area contributed by atoms with Gasteiger partial charge in [0.05, 0.1) is 0 Å². The van der Waals surface area contributed by atoms with Crippen LogP contribution in [0.25, 0.3) is 5.69 Å². The van der Waals surface area contributed by atoms with E-state index in [4.69, 9.17) is 4.74 Å². The number of ether oxygens (including phenoxy) is 1. The number of nitrogens with zero attached hydrogens (tertiary/aromatic N) is 3. The third-order valence-corrected chi connectivity index (χ3v) is 2.51. The summed E-state index contributed by atoms with van der Waals surface area (Å²) in [5, 5.41) is 7.91. The van der Waals surface area contributed by atoms with E-state index >= 15 is 0 Å². The topological polar surface area (TPSA) is 39.9 Å². The van der Waals surface area contributed by atoms with Crippen molar-refractivity contribution in [1.82, 2.24) is 14.8 Å². The van der Waals surface area contributed by atoms with Crippen LogP contribution in [0.15, 0.2) is 30.6 Å². The average Bonchev–Trinajstić information content (AvgIpc) is 2.78. The molecule has 0 bridgehead atoms. The fraction of sp³-hybridized carbons (Fsp3) is 0.333. The molecule has 0 spiro atoms. The van der Waals surface area contributed by atoms with E-state index in [1.807, 2.05) is 4.57 Å². The molecule has 84 valence electrons. The highest BCUT2D eigenvalue weighted by atomic mass is 16.5. The molecule has 16 heavy (non-hydrogen) atoms. The first-order valence-corrected chi connectivity index (χ1v) is 5.32. The van der Waals surface area contributed by atoms with Crippen molar-refractivity contribution in [2.45, 2.75) is 20.0 Å². The first kappa shape index (κ1) is 10.8. The average molecular weight is 217 g/mol. The molecule has 4 heteroatoms. The molecule has 1 heterocycles. The normalized spacial score (nSPS) is 10.6. The molecule has 1 aromatic heterocycles. The standard InChI is InChI=1S/C12H15N3O/c1-3-10-4-6-11(7-5-10)15-9-13-14-12(15)8-16-2/h4-7,9H,3,8H2,1-2H3. The molecule has 0 N–H and O–H groups in total. The van der Waals surface area contributed by atoms with Gasteiger partial charge in [-0.1, -0.05) is 19.1 Å². The van der Waals surface area contributed by atoms with Crippen molar-refractivity contribution in [2.75, 3.05) is 7.11 Å². The second-order valence-corrected chi connectivity index (χ2v) is 3.57. The lowest BCUT2D eigenvalue weighted by Gasteiger charge is -2.06. The van der Waals surface area contributed by atoms with E-state index in [1.165, 1.54) is 5.56 Å². The lowest BCUT2D eigenvalue weighted by atomic mass is 10.1. The Morgan fingerprint density at radius 3 is 2.62 bits per heavy atom. The van der Waals surface area contributed by atoms with E-state index in [9.17, 15) is 0 Å². The zero-order valence-corrected chi connectivity index (χ0v) is 9.55. The minimum Gasteiger partial charge on any atom is -0.377 e. The Balaban J connectivity index is 2.31. The maximum atomic E-state index is 5.07. The van der Waals surface area contributed by atoms with Crippen LogP contribution in [-0.2, 0) is 17.8 Å². The van der Waals surface area contributed by atoms with Crippen LogP contribution in [0.4, 0.5) is 0 Å². The molecule has 0 saturated carbocycles. The molecule has 0 saturated heterocycles. The third-order valence-electron chi connectivity index (χ3n) is 2.51. The second-order valence-electron chi connectivity index (χ2n) is 3.57. The number of methoxy groups -OCH3 is 1. The Morgan fingerprint density at radius 1 is 1.25 bits per heavy atom. The molecule has 0 atom stereocenters. The molecule has 0 amide bonds. The zero-order valence-electron chi connectivity index (χ0n) is 9.55. The van der Waals surface area contributed by atoms with Crippen molar-refractivity contribution in [3.8, 4) is 5.69 Å². The quantitative estimate of drug-likeness (QED) is 0.786. The predicted octanol–water partition coefficient (Wildman–Crippen LogP) is 1.98. The SMILES string of the molecule is CCc1ccc(-n2cnnc2COC)cc1. The minimum absolute atomic E-state index is 0.468. The Kier molecular flexibility index (Phi) is 3.31. The van der Waals surface area contributed by atoms with E-state index in [1.54, 1.807) is 13.4 Å². The monoisotopic (exact) mass is 217 g/mol. The smallest absolute Gasteiger partial charge is 0.163 e. The summed E-state index contributed by atoms with van der Waals surface area (Å²) >= 11 is 0. The molecule has 0 aliphatic rings. The van der Waals surface area contributed by atoms with Crippen LogP contribution in [0.5, 0.6) is 0 Å². The maximum Gasteiger partial charge on any atom is 0.163 e. The summed E-state index contributed by atoms with van der Waals surface area (Å²) in [6.45, 7) is 2.61. The first-order valence-electron chi connectivity index (χ1n) is 5.32. The molecule has 4 nitrogen and oxygen atoms in total. The second kappa shape index (κ2) is 4.90. The highest BCUT2D eigenvalue weighted by Gasteiger charge is 2.05. The van der Waals surface area contributed by atoms with Gasteiger partial charge in [0.15, 0.2) is 5.82 Å². The Labute approximate surface area is 94.9 Å². The number of hydrogen-bond donors (Lipinski definition) is 0. The van der Waals surface area contributed by atoms with E-state index in [2.05, 4.69) is 41.4 Å². The zero-order chi connectivity index (χ0) is 11.4. The van der Waals surface area contributed by atoms with Gasteiger partial charge in [-0.3, -0.25) is 4.57 Å². The van der Waals surface area contributed by atoms with E-state index in [-0.39, 0.29) is 0 Å². The van der Waals surface area contributed by atoms with Crippen LogP contribution in [0.1, 0.15) is 18.3 Å². The van der Waals surface area contributed by atoms with Crippen molar-refractivity contribution in [1.29, 1.82) is 0 Å². The molecule has 2 aromatic rings. The first-order chi connectivity index (χ1) is 7.85. The number of aromatic nitrogens is 3. The van der Waals surface area contributed by atoms with Gasteiger partial charge in [0.1, 0.15) is 12.9 Å². The van der Waals surface area contributed by atoms with E-state index < -0.39 is 0 Å². The molecule has 0 radical (unpaired) electrons. The summed E-state index contributed by atoms with van der Waals surface area (Å²) in [4.78, 5) is 0. The predicted molar refractivity (Wildman–Crippen MR) is 61.5 cm³/mol. The molecule has 0 aliphatic heterocycles. The van der Waals surface area contributed by atoms with Crippen molar-refractivity contribution in [2.24, 2.45) is 0 Å².